The molecule has 42 heavy (non-hydrogen) atoms. The van der Waals surface area contributed by atoms with Gasteiger partial charge < -0.3 is 11.1 Å². The Morgan fingerprint density at radius 2 is 1.02 bits per heavy atom. The van der Waals surface area contributed by atoms with Crippen molar-refractivity contribution in [1.29, 1.82) is 0 Å². The van der Waals surface area contributed by atoms with E-state index in [0.717, 1.165) is 56.3 Å². The fourth-order valence-corrected chi connectivity index (χ4v) is 4.45. The number of nitrogens with one attached hydrogen (secondary N) is 1. The third kappa shape index (κ3) is 14.4. The molecule has 1 amide bonds. The molecule has 4 aromatic rings. The van der Waals surface area contributed by atoms with E-state index in [1.165, 1.54) is 5.56 Å². The third-order valence-corrected chi connectivity index (χ3v) is 6.61. The number of benzene rings is 4. The van der Waals surface area contributed by atoms with Gasteiger partial charge in [0.2, 0.25) is 0 Å². The Bertz CT molecular complexity index is 1380. The van der Waals surface area contributed by atoms with E-state index in [0.29, 0.717) is 18.7 Å². The monoisotopic (exact) mass is 646 g/mol. The summed E-state index contributed by atoms with van der Waals surface area (Å²) in [6, 6.07) is 26.9. The zero-order valence-corrected chi connectivity index (χ0v) is 27.4. The summed E-state index contributed by atoms with van der Waals surface area (Å²) in [5, 5.41) is 4.06. The summed E-state index contributed by atoms with van der Waals surface area (Å²) in [6.45, 7) is 9.19. The lowest BCUT2D eigenvalue weighted by atomic mass is 10.1. The third-order valence-electron chi connectivity index (χ3n) is 5.89. The molecule has 0 fully saturated rings. The summed E-state index contributed by atoms with van der Waals surface area (Å²) >= 11 is 16.8. The van der Waals surface area contributed by atoms with Crippen LogP contribution in [0.25, 0.3) is 0 Å². The molecule has 0 atom stereocenters. The van der Waals surface area contributed by atoms with Crippen molar-refractivity contribution < 1.29 is 9.59 Å². The zero-order chi connectivity index (χ0) is 30.4. The van der Waals surface area contributed by atoms with Crippen molar-refractivity contribution in [2.45, 2.75) is 40.5 Å². The first-order valence-electron chi connectivity index (χ1n) is 13.3. The Morgan fingerprint density at radius 3 is 1.40 bits per heavy atom. The van der Waals surface area contributed by atoms with Crippen LogP contribution in [0.1, 0.15) is 54.1 Å². The average molecular weight is 649 g/mol. The molecule has 0 radical (unpaired) electrons. The molecular weight excluding hydrogens is 610 g/mol. The van der Waals surface area contributed by atoms with Crippen molar-refractivity contribution in [3.63, 3.8) is 0 Å². The SMILES string of the molecule is Cc1cc(C)cc(C(=O)Cl)c1.Cc1cc(C)cc(C(=O)NCCc2ccc(Cl)cc2)c1.Cl.NCCc1ccc(Cl)cc1. The van der Waals surface area contributed by atoms with E-state index in [9.17, 15) is 9.59 Å². The summed E-state index contributed by atoms with van der Waals surface area (Å²) in [7, 11) is 0. The van der Waals surface area contributed by atoms with Crippen molar-refractivity contribution >= 4 is 58.4 Å². The first-order chi connectivity index (χ1) is 19.5. The largest absolute Gasteiger partial charge is 0.352 e. The Labute approximate surface area is 271 Å². The van der Waals surface area contributed by atoms with Crippen LogP contribution in [0, 0.1) is 27.7 Å². The Balaban J connectivity index is 0.000000341. The highest BCUT2D eigenvalue weighted by atomic mass is 35.5. The zero-order valence-electron chi connectivity index (χ0n) is 24.3. The van der Waals surface area contributed by atoms with Crippen LogP contribution in [0.4, 0.5) is 0 Å². The number of halogens is 4. The van der Waals surface area contributed by atoms with Crippen LogP contribution in [-0.2, 0) is 12.8 Å². The molecule has 0 unspecified atom stereocenters. The Hall–Kier alpha value is -2.86. The molecule has 0 heterocycles. The quantitative estimate of drug-likeness (QED) is 0.197. The van der Waals surface area contributed by atoms with Gasteiger partial charge in [-0.1, -0.05) is 81.9 Å². The number of hydrogen-bond donors (Lipinski definition) is 2. The average Bonchev–Trinajstić information content (AvgIpc) is 2.91. The van der Waals surface area contributed by atoms with Gasteiger partial charge in [0.25, 0.3) is 11.1 Å². The lowest BCUT2D eigenvalue weighted by molar-refractivity contribution is 0.0953. The van der Waals surface area contributed by atoms with E-state index >= 15 is 0 Å². The van der Waals surface area contributed by atoms with Gasteiger partial charge in [-0.25, -0.2) is 0 Å². The first kappa shape index (κ1) is 37.2. The van der Waals surface area contributed by atoms with Crippen LogP contribution in [0.2, 0.25) is 10.0 Å². The highest BCUT2D eigenvalue weighted by molar-refractivity contribution is 6.67. The molecule has 8 heteroatoms. The van der Waals surface area contributed by atoms with Crippen molar-refractivity contribution in [1.82, 2.24) is 5.32 Å². The maximum atomic E-state index is 12.1. The number of carbonyl (C=O) groups is 2. The van der Waals surface area contributed by atoms with Crippen LogP contribution in [0.5, 0.6) is 0 Å². The van der Waals surface area contributed by atoms with Crippen LogP contribution in [-0.4, -0.2) is 24.2 Å². The number of carbonyl (C=O) groups excluding carboxylic acids is 2. The lowest BCUT2D eigenvalue weighted by Gasteiger charge is -2.07. The smallest absolute Gasteiger partial charge is 0.252 e. The minimum Gasteiger partial charge on any atom is -0.352 e. The first-order valence-corrected chi connectivity index (χ1v) is 14.4. The van der Waals surface area contributed by atoms with E-state index in [-0.39, 0.29) is 18.3 Å². The molecule has 0 saturated carbocycles. The molecule has 4 nitrogen and oxygen atoms in total. The van der Waals surface area contributed by atoms with E-state index in [1.807, 2.05) is 94.4 Å². The minimum atomic E-state index is -0.392. The summed E-state index contributed by atoms with van der Waals surface area (Å²) in [5.74, 6) is -0.0224. The number of nitrogens with two attached hydrogens (primary N) is 1. The number of rotatable bonds is 7. The van der Waals surface area contributed by atoms with Crippen molar-refractivity contribution in [3.05, 3.63) is 139 Å². The summed E-state index contributed by atoms with van der Waals surface area (Å²) in [5.41, 5.74) is 13.4. The van der Waals surface area contributed by atoms with Gasteiger partial charge >= 0.3 is 0 Å². The van der Waals surface area contributed by atoms with Gasteiger partial charge in [0.05, 0.1) is 0 Å². The summed E-state index contributed by atoms with van der Waals surface area (Å²) in [6.07, 6.45) is 1.73. The minimum absolute atomic E-state index is 0. The molecule has 3 N–H and O–H groups in total. The van der Waals surface area contributed by atoms with Gasteiger partial charge in [0, 0.05) is 27.7 Å². The molecule has 0 spiro atoms. The molecule has 0 aromatic heterocycles. The second-order valence-electron chi connectivity index (χ2n) is 9.82. The van der Waals surface area contributed by atoms with Crippen LogP contribution in [0.3, 0.4) is 0 Å². The van der Waals surface area contributed by atoms with Gasteiger partial charge in [-0.3, -0.25) is 9.59 Å². The van der Waals surface area contributed by atoms with Crippen molar-refractivity contribution in [2.75, 3.05) is 13.1 Å². The second-order valence-corrected chi connectivity index (χ2v) is 11.0. The van der Waals surface area contributed by atoms with Crippen LogP contribution < -0.4 is 11.1 Å². The van der Waals surface area contributed by atoms with Crippen molar-refractivity contribution in [3.8, 4) is 0 Å². The topological polar surface area (TPSA) is 72.2 Å². The van der Waals surface area contributed by atoms with Gasteiger partial charge in [-0.15, -0.1) is 12.4 Å². The second kappa shape index (κ2) is 19.4. The number of hydrogen-bond acceptors (Lipinski definition) is 3. The Morgan fingerprint density at radius 1 is 0.643 bits per heavy atom. The maximum Gasteiger partial charge on any atom is 0.252 e. The van der Waals surface area contributed by atoms with Crippen LogP contribution >= 0.6 is 47.2 Å². The summed E-state index contributed by atoms with van der Waals surface area (Å²) in [4.78, 5) is 22.8. The van der Waals surface area contributed by atoms with Gasteiger partial charge in [0.1, 0.15) is 0 Å². The van der Waals surface area contributed by atoms with E-state index < -0.39 is 5.24 Å². The van der Waals surface area contributed by atoms with E-state index in [1.54, 1.807) is 12.1 Å². The van der Waals surface area contributed by atoms with E-state index in [4.69, 9.17) is 40.5 Å². The fraction of sp³-hybridized carbons (Fsp3) is 0.235. The molecule has 224 valence electrons. The fourth-order valence-electron chi connectivity index (χ4n) is 4.09. The predicted molar refractivity (Wildman–Crippen MR) is 181 cm³/mol. The highest BCUT2D eigenvalue weighted by Gasteiger charge is 2.06. The van der Waals surface area contributed by atoms with Crippen molar-refractivity contribution in [2.24, 2.45) is 5.73 Å². The molecular formula is C34H38Cl4N2O2. The van der Waals surface area contributed by atoms with Gasteiger partial charge in [-0.2, -0.15) is 0 Å². The molecule has 4 rings (SSSR count). The maximum absolute atomic E-state index is 12.1. The number of amides is 1. The van der Waals surface area contributed by atoms with Crippen LogP contribution in [0.15, 0.2) is 84.9 Å². The summed E-state index contributed by atoms with van der Waals surface area (Å²) < 4.78 is 0. The molecule has 0 aliphatic rings. The molecule has 4 aromatic carbocycles. The molecule has 0 bridgehead atoms. The van der Waals surface area contributed by atoms with E-state index in [2.05, 4.69) is 11.4 Å². The highest BCUT2D eigenvalue weighted by Crippen LogP contribution is 2.12. The standard InChI is InChI=1S/C17H18ClNO.C9H9ClO.C8H10ClN.ClH/c1-12-9-13(2)11-15(10-12)17(20)19-8-7-14-3-5-16(18)6-4-14;1-6-3-7(2)5-8(4-6)9(10)11;9-8-3-1-7(2-4-8)5-6-10;/h3-6,9-11H,7-8H2,1-2H3,(H,19,20);3-5H,1-2H3;1-4H,5-6,10H2;1H. The number of aryl methyl sites for hydroxylation is 4. The Kier molecular flexibility index (Phi) is 17.1. The molecule has 0 aliphatic carbocycles. The molecule has 0 saturated heterocycles. The normalized spacial score (nSPS) is 9.81. The lowest BCUT2D eigenvalue weighted by Crippen LogP contribution is -2.25. The predicted octanol–water partition coefficient (Wildman–Crippen LogP) is 8.87. The van der Waals surface area contributed by atoms with Gasteiger partial charge in [0.15, 0.2) is 0 Å². The van der Waals surface area contributed by atoms with Gasteiger partial charge in [-0.05, 0) is 118 Å². The molecule has 0 aliphatic heterocycles.